The number of aryl methyl sites for hydroxylation is 1. The van der Waals surface area contributed by atoms with Gasteiger partial charge in [-0.3, -0.25) is 4.68 Å². The molecule has 26 heavy (non-hydrogen) atoms. The molecule has 0 saturated carbocycles. The standard InChI is InChI=1S/C18H19N7O/c1-24-16-12(10-20-24)15(19)22-18(23-16)25-8-6-11(7-9-25)17-21-13-4-2-3-5-14(13)26-17/h2-5,10-11H,6-9H2,1H3,(H2,19,22,23). The number of fused-ring (bicyclic) bond motifs is 2. The van der Waals surface area contributed by atoms with Crippen molar-refractivity contribution in [1.29, 1.82) is 0 Å². The van der Waals surface area contributed by atoms with Gasteiger partial charge in [-0.1, -0.05) is 12.1 Å². The molecule has 1 saturated heterocycles. The fraction of sp³-hybridized carbons (Fsp3) is 0.333. The summed E-state index contributed by atoms with van der Waals surface area (Å²) in [6.45, 7) is 1.68. The topological polar surface area (TPSA) is 98.9 Å². The number of rotatable bonds is 2. The fourth-order valence-electron chi connectivity index (χ4n) is 3.56. The van der Waals surface area contributed by atoms with E-state index in [0.29, 0.717) is 17.7 Å². The molecular weight excluding hydrogens is 330 g/mol. The number of hydrogen-bond donors (Lipinski definition) is 1. The van der Waals surface area contributed by atoms with E-state index < -0.39 is 0 Å². The first-order valence-corrected chi connectivity index (χ1v) is 8.74. The Bertz CT molecular complexity index is 1060. The third kappa shape index (κ3) is 2.37. The van der Waals surface area contributed by atoms with Crippen LogP contribution < -0.4 is 10.6 Å². The zero-order valence-corrected chi connectivity index (χ0v) is 14.5. The van der Waals surface area contributed by atoms with Crippen molar-refractivity contribution < 1.29 is 4.42 Å². The van der Waals surface area contributed by atoms with Gasteiger partial charge in [0.1, 0.15) is 11.3 Å². The van der Waals surface area contributed by atoms with Gasteiger partial charge in [-0.25, -0.2) is 4.98 Å². The van der Waals surface area contributed by atoms with E-state index in [9.17, 15) is 0 Å². The first kappa shape index (κ1) is 15.1. The third-order valence-corrected chi connectivity index (χ3v) is 5.05. The molecule has 8 nitrogen and oxygen atoms in total. The Labute approximate surface area is 149 Å². The Balaban J connectivity index is 1.37. The summed E-state index contributed by atoms with van der Waals surface area (Å²) in [4.78, 5) is 15.9. The van der Waals surface area contributed by atoms with Crippen molar-refractivity contribution in [3.05, 3.63) is 36.4 Å². The smallest absolute Gasteiger partial charge is 0.229 e. The van der Waals surface area contributed by atoms with E-state index in [1.54, 1.807) is 10.9 Å². The Kier molecular flexibility index (Phi) is 3.31. The summed E-state index contributed by atoms with van der Waals surface area (Å²) < 4.78 is 7.66. The highest BCUT2D eigenvalue weighted by Gasteiger charge is 2.26. The maximum Gasteiger partial charge on any atom is 0.229 e. The van der Waals surface area contributed by atoms with Crippen LogP contribution in [0.4, 0.5) is 11.8 Å². The van der Waals surface area contributed by atoms with Gasteiger partial charge in [0.05, 0.1) is 11.6 Å². The maximum atomic E-state index is 6.08. The fourth-order valence-corrected chi connectivity index (χ4v) is 3.56. The summed E-state index contributed by atoms with van der Waals surface area (Å²) in [6, 6.07) is 7.89. The van der Waals surface area contributed by atoms with Gasteiger partial charge in [-0.05, 0) is 25.0 Å². The number of piperidine rings is 1. The minimum absolute atomic E-state index is 0.316. The van der Waals surface area contributed by atoms with E-state index in [1.165, 1.54) is 0 Å². The zero-order chi connectivity index (χ0) is 17.7. The van der Waals surface area contributed by atoms with E-state index >= 15 is 0 Å². The number of hydrogen-bond acceptors (Lipinski definition) is 7. The molecule has 0 radical (unpaired) electrons. The van der Waals surface area contributed by atoms with Crippen molar-refractivity contribution in [3.63, 3.8) is 0 Å². The lowest BCUT2D eigenvalue weighted by Crippen LogP contribution is -2.34. The average Bonchev–Trinajstić information content (AvgIpc) is 3.26. The van der Waals surface area contributed by atoms with Crippen LogP contribution in [0, 0.1) is 0 Å². The van der Waals surface area contributed by atoms with Gasteiger partial charge >= 0.3 is 0 Å². The second kappa shape index (κ2) is 5.69. The second-order valence-electron chi connectivity index (χ2n) is 6.70. The van der Waals surface area contributed by atoms with Crippen LogP contribution in [0.15, 0.2) is 34.9 Å². The van der Waals surface area contributed by atoms with Gasteiger partial charge in [-0.2, -0.15) is 15.1 Å². The van der Waals surface area contributed by atoms with Crippen LogP contribution in [0.2, 0.25) is 0 Å². The molecule has 0 unspecified atom stereocenters. The molecule has 0 spiro atoms. The van der Waals surface area contributed by atoms with Crippen molar-refractivity contribution in [2.45, 2.75) is 18.8 Å². The van der Waals surface area contributed by atoms with Gasteiger partial charge < -0.3 is 15.1 Å². The van der Waals surface area contributed by atoms with E-state index in [2.05, 4.69) is 25.0 Å². The molecule has 8 heteroatoms. The molecule has 132 valence electrons. The normalized spacial score (nSPS) is 16.0. The number of benzene rings is 1. The van der Waals surface area contributed by atoms with Crippen LogP contribution in [-0.2, 0) is 7.05 Å². The quantitative estimate of drug-likeness (QED) is 0.593. The van der Waals surface area contributed by atoms with Crippen LogP contribution in [0.1, 0.15) is 24.7 Å². The highest BCUT2D eigenvalue weighted by Crippen LogP contribution is 2.31. The predicted molar refractivity (Wildman–Crippen MR) is 98.9 cm³/mol. The Morgan fingerprint density at radius 1 is 1.12 bits per heavy atom. The minimum atomic E-state index is 0.316. The van der Waals surface area contributed by atoms with Crippen LogP contribution in [0.3, 0.4) is 0 Å². The Hall–Kier alpha value is -3.16. The average molecular weight is 349 g/mol. The number of nitrogen functional groups attached to an aromatic ring is 1. The zero-order valence-electron chi connectivity index (χ0n) is 14.5. The van der Waals surface area contributed by atoms with Crippen molar-refractivity contribution >= 4 is 33.9 Å². The lowest BCUT2D eigenvalue weighted by Gasteiger charge is -2.30. The third-order valence-electron chi connectivity index (χ3n) is 5.05. The molecule has 0 bridgehead atoms. The molecular formula is C18H19N7O. The molecule has 4 aromatic rings. The largest absolute Gasteiger partial charge is 0.440 e. The Morgan fingerprint density at radius 2 is 1.92 bits per heavy atom. The molecule has 5 rings (SSSR count). The molecule has 3 aromatic heterocycles. The van der Waals surface area contributed by atoms with Crippen LogP contribution in [0.5, 0.6) is 0 Å². The van der Waals surface area contributed by atoms with Gasteiger partial charge in [-0.15, -0.1) is 0 Å². The number of oxazole rings is 1. The SMILES string of the molecule is Cn1ncc2c(N)nc(N3CCC(c4nc5ccccc5o4)CC3)nc21. The molecule has 1 aliphatic heterocycles. The van der Waals surface area contributed by atoms with Crippen molar-refractivity contribution in [2.24, 2.45) is 7.05 Å². The summed E-state index contributed by atoms with van der Waals surface area (Å²) in [7, 11) is 1.86. The number of anilines is 2. The van der Waals surface area contributed by atoms with Crippen molar-refractivity contribution in [1.82, 2.24) is 24.7 Å². The monoisotopic (exact) mass is 349 g/mol. The van der Waals surface area contributed by atoms with E-state index in [-0.39, 0.29) is 0 Å². The first-order chi connectivity index (χ1) is 12.7. The second-order valence-corrected chi connectivity index (χ2v) is 6.70. The van der Waals surface area contributed by atoms with Gasteiger partial charge in [0, 0.05) is 26.1 Å². The summed E-state index contributed by atoms with van der Waals surface area (Å²) in [6.07, 6.45) is 3.59. The molecule has 0 amide bonds. The highest BCUT2D eigenvalue weighted by atomic mass is 16.3. The molecule has 1 aliphatic rings. The van der Waals surface area contributed by atoms with E-state index in [1.807, 2.05) is 31.3 Å². The van der Waals surface area contributed by atoms with Gasteiger partial charge in [0.25, 0.3) is 0 Å². The predicted octanol–water partition coefficient (Wildman–Crippen LogP) is 2.47. The van der Waals surface area contributed by atoms with Crippen LogP contribution >= 0.6 is 0 Å². The lowest BCUT2D eigenvalue weighted by atomic mass is 9.97. The van der Waals surface area contributed by atoms with Crippen LogP contribution in [-0.4, -0.2) is 37.8 Å². The molecule has 0 aliphatic carbocycles. The summed E-state index contributed by atoms with van der Waals surface area (Å²) in [5.41, 5.74) is 8.61. The molecule has 0 atom stereocenters. The first-order valence-electron chi connectivity index (χ1n) is 8.74. The van der Waals surface area contributed by atoms with E-state index in [4.69, 9.17) is 10.2 Å². The summed E-state index contributed by atoms with van der Waals surface area (Å²) in [5.74, 6) is 2.28. The molecule has 2 N–H and O–H groups in total. The van der Waals surface area contributed by atoms with Gasteiger partial charge in [0.15, 0.2) is 17.1 Å². The molecule has 1 fully saturated rings. The number of aromatic nitrogens is 5. The number of nitrogens with two attached hydrogens (primary N) is 1. The molecule has 4 heterocycles. The minimum Gasteiger partial charge on any atom is -0.440 e. The number of para-hydroxylation sites is 2. The number of nitrogens with zero attached hydrogens (tertiary/aromatic N) is 6. The van der Waals surface area contributed by atoms with Crippen LogP contribution in [0.25, 0.3) is 22.1 Å². The highest BCUT2D eigenvalue weighted by molar-refractivity contribution is 5.86. The Morgan fingerprint density at radius 3 is 2.73 bits per heavy atom. The lowest BCUT2D eigenvalue weighted by molar-refractivity contribution is 0.405. The van der Waals surface area contributed by atoms with Gasteiger partial charge in [0.2, 0.25) is 5.95 Å². The maximum absolute atomic E-state index is 6.08. The van der Waals surface area contributed by atoms with Crippen molar-refractivity contribution in [2.75, 3.05) is 23.7 Å². The van der Waals surface area contributed by atoms with E-state index in [0.717, 1.165) is 54.0 Å². The summed E-state index contributed by atoms with van der Waals surface area (Å²) >= 11 is 0. The summed E-state index contributed by atoms with van der Waals surface area (Å²) in [5, 5.41) is 5.00. The molecule has 1 aromatic carbocycles. The van der Waals surface area contributed by atoms with Crippen molar-refractivity contribution in [3.8, 4) is 0 Å².